The second-order valence-corrected chi connectivity index (χ2v) is 3.85. The summed E-state index contributed by atoms with van der Waals surface area (Å²) in [5.74, 6) is 1.04. The van der Waals surface area contributed by atoms with Crippen molar-refractivity contribution in [1.29, 1.82) is 0 Å². The fourth-order valence-electron chi connectivity index (χ4n) is 1.83. The predicted octanol–water partition coefficient (Wildman–Crippen LogP) is 0.223. The molecule has 1 aliphatic rings. The molecule has 0 fully saturated rings. The van der Waals surface area contributed by atoms with E-state index < -0.39 is 0 Å². The van der Waals surface area contributed by atoms with Crippen LogP contribution in [-0.2, 0) is 13.0 Å². The number of nitrogens with zero attached hydrogens (tertiary/aromatic N) is 3. The minimum Gasteiger partial charge on any atom is -0.348 e. The molecule has 1 aromatic rings. The number of hydrogen-bond acceptors (Lipinski definition) is 3. The van der Waals surface area contributed by atoms with Gasteiger partial charge in [0.15, 0.2) is 0 Å². The Balaban J connectivity index is 2.33. The summed E-state index contributed by atoms with van der Waals surface area (Å²) in [6.07, 6.45) is 3.96. The molecule has 4 nitrogen and oxygen atoms in total. The molecule has 1 atom stereocenters. The van der Waals surface area contributed by atoms with Crippen LogP contribution in [-0.4, -0.2) is 29.7 Å². The van der Waals surface area contributed by atoms with E-state index in [-0.39, 0.29) is 0 Å². The van der Waals surface area contributed by atoms with Gasteiger partial charge in [0.05, 0.1) is 6.20 Å². The third-order valence-corrected chi connectivity index (χ3v) is 2.51. The van der Waals surface area contributed by atoms with Gasteiger partial charge in [-0.25, -0.2) is 4.98 Å². The van der Waals surface area contributed by atoms with E-state index in [1.54, 1.807) is 0 Å². The quantitative estimate of drug-likeness (QED) is 0.672. The summed E-state index contributed by atoms with van der Waals surface area (Å²) >= 11 is 0. The molecule has 0 saturated heterocycles. The highest BCUT2D eigenvalue weighted by molar-refractivity contribution is 5.32. The third-order valence-electron chi connectivity index (χ3n) is 2.51. The van der Waals surface area contributed by atoms with Gasteiger partial charge in [-0.15, -0.1) is 0 Å². The van der Waals surface area contributed by atoms with Crippen LogP contribution in [0.5, 0.6) is 0 Å². The standard InChI is InChI=1S/C9H16N4/c1-12(2)9-11-6-8-5-7(10)3-4-13(8)9/h6-7H,3-5,10H2,1-2H3. The molecule has 0 amide bonds. The van der Waals surface area contributed by atoms with Crippen LogP contribution in [0.2, 0.25) is 0 Å². The zero-order valence-corrected chi connectivity index (χ0v) is 8.20. The van der Waals surface area contributed by atoms with Crippen LogP contribution in [0.15, 0.2) is 6.20 Å². The highest BCUT2D eigenvalue weighted by atomic mass is 15.3. The van der Waals surface area contributed by atoms with Crippen LogP contribution in [0.1, 0.15) is 12.1 Å². The van der Waals surface area contributed by atoms with Crippen LogP contribution in [0.4, 0.5) is 5.95 Å². The summed E-state index contributed by atoms with van der Waals surface area (Å²) in [5, 5.41) is 0. The Morgan fingerprint density at radius 1 is 1.62 bits per heavy atom. The Labute approximate surface area is 78.4 Å². The molecule has 0 aliphatic carbocycles. The van der Waals surface area contributed by atoms with E-state index >= 15 is 0 Å². The van der Waals surface area contributed by atoms with E-state index in [0.717, 1.165) is 25.3 Å². The SMILES string of the molecule is CN(C)c1ncc2n1CCC(N)C2. The second kappa shape index (κ2) is 3.03. The molecular weight excluding hydrogens is 164 g/mol. The molecule has 72 valence electrons. The van der Waals surface area contributed by atoms with Gasteiger partial charge in [0.1, 0.15) is 0 Å². The average molecular weight is 180 g/mol. The molecule has 1 unspecified atom stereocenters. The van der Waals surface area contributed by atoms with Crippen molar-refractivity contribution in [3.63, 3.8) is 0 Å². The lowest BCUT2D eigenvalue weighted by Gasteiger charge is -2.23. The van der Waals surface area contributed by atoms with Gasteiger partial charge in [0, 0.05) is 38.8 Å². The summed E-state index contributed by atoms with van der Waals surface area (Å²) in [5.41, 5.74) is 7.15. The first-order valence-electron chi connectivity index (χ1n) is 4.66. The lowest BCUT2D eigenvalue weighted by Crippen LogP contribution is -2.31. The molecule has 2 rings (SSSR count). The molecule has 0 spiro atoms. The molecule has 2 heterocycles. The number of nitrogens with two attached hydrogens (primary N) is 1. The number of hydrogen-bond donors (Lipinski definition) is 1. The molecule has 0 bridgehead atoms. The molecule has 1 aromatic heterocycles. The highest BCUT2D eigenvalue weighted by Gasteiger charge is 2.19. The Kier molecular flexibility index (Phi) is 2.00. The van der Waals surface area contributed by atoms with E-state index in [2.05, 4.69) is 9.55 Å². The van der Waals surface area contributed by atoms with Crippen LogP contribution < -0.4 is 10.6 Å². The third kappa shape index (κ3) is 1.42. The Hall–Kier alpha value is -1.03. The lowest BCUT2D eigenvalue weighted by molar-refractivity contribution is 0.472. The number of imidazole rings is 1. The van der Waals surface area contributed by atoms with E-state index in [1.165, 1.54) is 5.69 Å². The maximum Gasteiger partial charge on any atom is 0.205 e. The van der Waals surface area contributed by atoms with E-state index in [4.69, 9.17) is 5.73 Å². The lowest BCUT2D eigenvalue weighted by atomic mass is 10.1. The summed E-state index contributed by atoms with van der Waals surface area (Å²) in [6, 6.07) is 0.319. The molecule has 0 saturated carbocycles. The molecule has 1 aliphatic heterocycles. The van der Waals surface area contributed by atoms with Crippen molar-refractivity contribution in [3.05, 3.63) is 11.9 Å². The van der Waals surface area contributed by atoms with E-state index in [1.807, 2.05) is 25.2 Å². The minimum absolute atomic E-state index is 0.319. The van der Waals surface area contributed by atoms with Gasteiger partial charge in [-0.2, -0.15) is 0 Å². The Morgan fingerprint density at radius 3 is 3.08 bits per heavy atom. The van der Waals surface area contributed by atoms with Crippen LogP contribution in [0.3, 0.4) is 0 Å². The first-order valence-corrected chi connectivity index (χ1v) is 4.66. The van der Waals surface area contributed by atoms with Gasteiger partial charge in [0.25, 0.3) is 0 Å². The monoisotopic (exact) mass is 180 g/mol. The van der Waals surface area contributed by atoms with Crippen LogP contribution in [0, 0.1) is 0 Å². The van der Waals surface area contributed by atoms with Crippen molar-refractivity contribution in [1.82, 2.24) is 9.55 Å². The highest BCUT2D eigenvalue weighted by Crippen LogP contribution is 2.20. The topological polar surface area (TPSA) is 47.1 Å². The van der Waals surface area contributed by atoms with Crippen molar-refractivity contribution >= 4 is 5.95 Å². The maximum absolute atomic E-state index is 5.88. The van der Waals surface area contributed by atoms with Crippen LogP contribution >= 0.6 is 0 Å². The number of anilines is 1. The summed E-state index contributed by atoms with van der Waals surface area (Å²) < 4.78 is 2.25. The average Bonchev–Trinajstić information content (AvgIpc) is 2.46. The van der Waals surface area contributed by atoms with Gasteiger partial charge in [-0.3, -0.25) is 0 Å². The van der Waals surface area contributed by atoms with E-state index in [9.17, 15) is 0 Å². The van der Waals surface area contributed by atoms with Crippen molar-refractivity contribution in [2.75, 3.05) is 19.0 Å². The molecule has 13 heavy (non-hydrogen) atoms. The zero-order valence-electron chi connectivity index (χ0n) is 8.20. The summed E-state index contributed by atoms with van der Waals surface area (Å²) in [4.78, 5) is 6.41. The van der Waals surface area contributed by atoms with E-state index in [0.29, 0.717) is 6.04 Å². The molecule has 0 aromatic carbocycles. The first-order chi connectivity index (χ1) is 6.18. The van der Waals surface area contributed by atoms with Gasteiger partial charge >= 0.3 is 0 Å². The van der Waals surface area contributed by atoms with Gasteiger partial charge in [0.2, 0.25) is 5.95 Å². The van der Waals surface area contributed by atoms with Crippen molar-refractivity contribution in [2.45, 2.75) is 25.4 Å². The first kappa shape index (κ1) is 8.56. The summed E-state index contributed by atoms with van der Waals surface area (Å²) in [6.45, 7) is 1.00. The minimum atomic E-state index is 0.319. The van der Waals surface area contributed by atoms with Gasteiger partial charge < -0.3 is 15.2 Å². The zero-order chi connectivity index (χ0) is 9.42. The smallest absolute Gasteiger partial charge is 0.205 e. The Bertz CT molecular complexity index is 303. The molecule has 2 N–H and O–H groups in total. The van der Waals surface area contributed by atoms with Crippen molar-refractivity contribution in [2.24, 2.45) is 5.73 Å². The van der Waals surface area contributed by atoms with Gasteiger partial charge in [-0.1, -0.05) is 0 Å². The fraction of sp³-hybridized carbons (Fsp3) is 0.667. The molecular formula is C9H16N4. The predicted molar refractivity (Wildman–Crippen MR) is 52.9 cm³/mol. The Morgan fingerprint density at radius 2 is 2.38 bits per heavy atom. The maximum atomic E-state index is 5.88. The van der Waals surface area contributed by atoms with Crippen molar-refractivity contribution < 1.29 is 0 Å². The number of fused-ring (bicyclic) bond motifs is 1. The molecule has 0 radical (unpaired) electrons. The number of aromatic nitrogens is 2. The summed E-state index contributed by atoms with van der Waals surface area (Å²) in [7, 11) is 4.04. The fourth-order valence-corrected chi connectivity index (χ4v) is 1.83. The largest absolute Gasteiger partial charge is 0.348 e. The molecule has 4 heteroatoms. The number of rotatable bonds is 1. The normalized spacial score (nSPS) is 21.3. The van der Waals surface area contributed by atoms with Gasteiger partial charge in [-0.05, 0) is 6.42 Å². The second-order valence-electron chi connectivity index (χ2n) is 3.85. The van der Waals surface area contributed by atoms with Crippen molar-refractivity contribution in [3.8, 4) is 0 Å². The van der Waals surface area contributed by atoms with Crippen LogP contribution in [0.25, 0.3) is 0 Å².